The van der Waals surface area contributed by atoms with E-state index in [2.05, 4.69) is 16.0 Å². The van der Waals surface area contributed by atoms with Crippen LogP contribution in [0, 0.1) is 0 Å². The van der Waals surface area contributed by atoms with Gasteiger partial charge in [-0.3, -0.25) is 14.9 Å². The number of hydrogen-bond donors (Lipinski definition) is 3. The van der Waals surface area contributed by atoms with Crippen LogP contribution in [0.15, 0.2) is 0 Å². The second-order valence-corrected chi connectivity index (χ2v) is 4.34. The molecule has 1 saturated heterocycles. The van der Waals surface area contributed by atoms with Crippen molar-refractivity contribution in [2.45, 2.75) is 18.9 Å². The summed E-state index contributed by atoms with van der Waals surface area (Å²) < 4.78 is 10.2. The number of methoxy groups -OCH3 is 1. The van der Waals surface area contributed by atoms with Crippen LogP contribution in [0.3, 0.4) is 0 Å². The fourth-order valence-corrected chi connectivity index (χ4v) is 1.66. The fraction of sp³-hybridized carbons (Fsp3) is 0.833. The quantitative estimate of drug-likeness (QED) is 0.451. The van der Waals surface area contributed by atoms with E-state index in [9.17, 15) is 9.59 Å². The van der Waals surface area contributed by atoms with Crippen molar-refractivity contribution in [2.75, 3.05) is 46.6 Å². The molecule has 0 aliphatic carbocycles. The third-order valence-electron chi connectivity index (χ3n) is 2.78. The first kappa shape index (κ1) is 15.9. The maximum absolute atomic E-state index is 11.7. The van der Waals surface area contributed by atoms with Crippen molar-refractivity contribution >= 4 is 11.8 Å². The summed E-state index contributed by atoms with van der Waals surface area (Å²) in [5.74, 6) is -0.141. The molecular weight excluding hydrogens is 250 g/mol. The highest BCUT2D eigenvalue weighted by Crippen LogP contribution is 1.92. The Labute approximate surface area is 113 Å². The SMILES string of the molecule is COCCOCCCCNC(=O)C1CNC(=O)CN1. The number of carbonyl (C=O) groups excluding carboxylic acids is 2. The predicted molar refractivity (Wildman–Crippen MR) is 69.7 cm³/mol. The zero-order valence-electron chi connectivity index (χ0n) is 11.4. The van der Waals surface area contributed by atoms with Crippen molar-refractivity contribution in [3.05, 3.63) is 0 Å². The fourth-order valence-electron chi connectivity index (χ4n) is 1.66. The molecule has 0 spiro atoms. The Morgan fingerprint density at radius 1 is 1.37 bits per heavy atom. The van der Waals surface area contributed by atoms with Crippen LogP contribution in [0.4, 0.5) is 0 Å². The van der Waals surface area contributed by atoms with Crippen molar-refractivity contribution in [2.24, 2.45) is 0 Å². The first-order valence-electron chi connectivity index (χ1n) is 6.58. The summed E-state index contributed by atoms with van der Waals surface area (Å²) in [5, 5.41) is 8.37. The van der Waals surface area contributed by atoms with Crippen LogP contribution in [-0.4, -0.2) is 64.4 Å². The summed E-state index contributed by atoms with van der Waals surface area (Å²) in [6, 6.07) is -0.323. The van der Waals surface area contributed by atoms with Gasteiger partial charge in [-0.1, -0.05) is 0 Å². The Bertz CT molecular complexity index is 276. The predicted octanol–water partition coefficient (Wildman–Crippen LogP) is -1.37. The molecule has 3 N–H and O–H groups in total. The number of unbranched alkanes of at least 4 members (excludes halogenated alkanes) is 1. The maximum atomic E-state index is 11.7. The van der Waals surface area contributed by atoms with Crippen molar-refractivity contribution in [3.8, 4) is 0 Å². The first-order valence-corrected chi connectivity index (χ1v) is 6.58. The summed E-state index contributed by atoms with van der Waals surface area (Å²) in [6.07, 6.45) is 1.77. The van der Waals surface area contributed by atoms with Gasteiger partial charge < -0.3 is 20.1 Å². The van der Waals surface area contributed by atoms with E-state index >= 15 is 0 Å². The highest BCUT2D eigenvalue weighted by Gasteiger charge is 2.22. The molecule has 7 heteroatoms. The number of nitrogens with one attached hydrogen (secondary N) is 3. The Morgan fingerprint density at radius 3 is 2.89 bits per heavy atom. The standard InChI is InChI=1S/C12H23N3O4/c1-18-6-7-19-5-3-2-4-13-12(17)10-8-15-11(16)9-14-10/h10,14H,2-9H2,1H3,(H,13,17)(H,15,16). The topological polar surface area (TPSA) is 88.7 Å². The normalized spacial score (nSPS) is 19.0. The van der Waals surface area contributed by atoms with Gasteiger partial charge in [-0.25, -0.2) is 0 Å². The molecule has 0 radical (unpaired) electrons. The maximum Gasteiger partial charge on any atom is 0.238 e. The molecule has 110 valence electrons. The number of rotatable bonds is 9. The van der Waals surface area contributed by atoms with Crippen LogP contribution >= 0.6 is 0 Å². The third-order valence-corrected chi connectivity index (χ3v) is 2.78. The van der Waals surface area contributed by atoms with Gasteiger partial charge in [-0.2, -0.15) is 0 Å². The van der Waals surface area contributed by atoms with Gasteiger partial charge in [0.1, 0.15) is 6.04 Å². The average molecular weight is 273 g/mol. The van der Waals surface area contributed by atoms with Crippen molar-refractivity contribution in [1.82, 2.24) is 16.0 Å². The third kappa shape index (κ3) is 7.09. The zero-order valence-corrected chi connectivity index (χ0v) is 11.4. The summed E-state index contributed by atoms with van der Waals surface area (Å²) in [4.78, 5) is 22.6. The second-order valence-electron chi connectivity index (χ2n) is 4.34. The Hall–Kier alpha value is -1.18. The minimum Gasteiger partial charge on any atom is -0.382 e. The molecule has 19 heavy (non-hydrogen) atoms. The summed E-state index contributed by atoms with van der Waals surface area (Å²) in [6.45, 7) is 3.07. The average Bonchev–Trinajstić information content (AvgIpc) is 2.42. The molecule has 1 unspecified atom stereocenters. The van der Waals surface area contributed by atoms with E-state index in [0.29, 0.717) is 32.9 Å². The minimum atomic E-state index is -0.323. The Kier molecular flexibility index (Phi) is 8.11. The van der Waals surface area contributed by atoms with Gasteiger partial charge in [-0.15, -0.1) is 0 Å². The number of hydrogen-bond acceptors (Lipinski definition) is 5. The molecule has 1 fully saturated rings. The van der Waals surface area contributed by atoms with Crippen LogP contribution in [-0.2, 0) is 19.1 Å². The molecule has 2 amide bonds. The van der Waals surface area contributed by atoms with Crippen LogP contribution < -0.4 is 16.0 Å². The molecule has 0 aromatic carbocycles. The van der Waals surface area contributed by atoms with Crippen LogP contribution in [0.5, 0.6) is 0 Å². The van der Waals surface area contributed by atoms with E-state index in [1.807, 2.05) is 0 Å². The second kappa shape index (κ2) is 9.71. The van der Waals surface area contributed by atoms with Gasteiger partial charge in [0.25, 0.3) is 0 Å². The number of piperazine rings is 1. The molecule has 0 bridgehead atoms. The molecule has 1 aliphatic heterocycles. The van der Waals surface area contributed by atoms with Gasteiger partial charge >= 0.3 is 0 Å². The number of carbonyl (C=O) groups is 2. The van der Waals surface area contributed by atoms with Gasteiger partial charge in [0.2, 0.25) is 11.8 Å². The zero-order chi connectivity index (χ0) is 13.9. The van der Waals surface area contributed by atoms with Gasteiger partial charge in [0.05, 0.1) is 19.8 Å². The van der Waals surface area contributed by atoms with Crippen molar-refractivity contribution in [3.63, 3.8) is 0 Å². The van der Waals surface area contributed by atoms with E-state index in [4.69, 9.17) is 9.47 Å². The monoisotopic (exact) mass is 273 g/mol. The highest BCUT2D eigenvalue weighted by molar-refractivity contribution is 5.86. The van der Waals surface area contributed by atoms with Crippen LogP contribution in [0.25, 0.3) is 0 Å². The molecule has 1 aliphatic rings. The summed E-state index contributed by atoms with van der Waals surface area (Å²) in [5.41, 5.74) is 0. The van der Waals surface area contributed by atoms with E-state index in [0.717, 1.165) is 12.8 Å². The minimum absolute atomic E-state index is 0.0692. The lowest BCUT2D eigenvalue weighted by molar-refractivity contribution is -0.126. The van der Waals surface area contributed by atoms with Crippen molar-refractivity contribution in [1.29, 1.82) is 0 Å². The van der Waals surface area contributed by atoms with E-state index in [-0.39, 0.29) is 24.4 Å². The highest BCUT2D eigenvalue weighted by atomic mass is 16.5. The lowest BCUT2D eigenvalue weighted by Gasteiger charge is -2.23. The molecule has 1 rings (SSSR count). The molecule has 0 saturated carbocycles. The number of ether oxygens (including phenoxy) is 2. The summed E-state index contributed by atoms with van der Waals surface area (Å²) in [7, 11) is 1.64. The largest absolute Gasteiger partial charge is 0.382 e. The van der Waals surface area contributed by atoms with E-state index < -0.39 is 0 Å². The molecule has 7 nitrogen and oxygen atoms in total. The Balaban J connectivity index is 1.94. The summed E-state index contributed by atoms with van der Waals surface area (Å²) >= 11 is 0. The lowest BCUT2D eigenvalue weighted by Crippen LogP contribution is -2.58. The van der Waals surface area contributed by atoms with Crippen LogP contribution in [0.2, 0.25) is 0 Å². The smallest absolute Gasteiger partial charge is 0.238 e. The first-order chi connectivity index (χ1) is 9.24. The molecular formula is C12H23N3O4. The van der Waals surface area contributed by atoms with Gasteiger partial charge in [-0.05, 0) is 12.8 Å². The molecule has 1 atom stereocenters. The van der Waals surface area contributed by atoms with E-state index in [1.165, 1.54) is 0 Å². The van der Waals surface area contributed by atoms with Gasteiger partial charge in [0.15, 0.2) is 0 Å². The lowest BCUT2D eigenvalue weighted by atomic mass is 10.2. The number of amides is 2. The van der Waals surface area contributed by atoms with Gasteiger partial charge in [0, 0.05) is 26.8 Å². The van der Waals surface area contributed by atoms with E-state index in [1.54, 1.807) is 7.11 Å². The Morgan fingerprint density at radius 2 is 2.21 bits per heavy atom. The molecule has 0 aromatic heterocycles. The van der Waals surface area contributed by atoms with Crippen LogP contribution in [0.1, 0.15) is 12.8 Å². The molecule has 0 aromatic rings. The molecule has 1 heterocycles. The van der Waals surface area contributed by atoms with Crippen molar-refractivity contribution < 1.29 is 19.1 Å².